The highest BCUT2D eigenvalue weighted by Crippen LogP contribution is 2.22. The minimum absolute atomic E-state index is 0.0395. The first-order chi connectivity index (χ1) is 14.9. The van der Waals surface area contributed by atoms with Crippen LogP contribution < -0.4 is 15.6 Å². The highest BCUT2D eigenvalue weighted by molar-refractivity contribution is 7.94. The molecule has 0 atom stereocenters. The maximum absolute atomic E-state index is 12.7. The molecule has 0 radical (unpaired) electrons. The van der Waals surface area contributed by atoms with Gasteiger partial charge in [0.2, 0.25) is 0 Å². The largest absolute Gasteiger partial charge is 0.278 e. The fourth-order valence-corrected chi connectivity index (χ4v) is 4.96. The normalized spacial score (nSPS) is 11.3. The third kappa shape index (κ3) is 4.11. The number of aryl methyl sites for hydroxylation is 1. The fraction of sp³-hybridized carbons (Fsp3) is 0.0526. The number of hydrogen-bond donors (Lipinski definition) is 3. The summed E-state index contributed by atoms with van der Waals surface area (Å²) in [6.45, 7) is 1.65. The van der Waals surface area contributed by atoms with E-state index in [0.29, 0.717) is 11.3 Å². The zero-order valence-corrected chi connectivity index (χ0v) is 17.7. The molecule has 4 aromatic rings. The van der Waals surface area contributed by atoms with Crippen molar-refractivity contribution in [3.63, 3.8) is 0 Å². The molecule has 0 saturated carbocycles. The summed E-state index contributed by atoms with van der Waals surface area (Å²) in [7, 11) is -3.84. The number of benzene rings is 1. The molecule has 3 heterocycles. The topological polar surface area (TPSA) is 135 Å². The lowest BCUT2D eigenvalue weighted by Crippen LogP contribution is -2.42. The number of aromatic nitrogens is 3. The molecule has 1 aromatic carbocycles. The van der Waals surface area contributed by atoms with E-state index in [1.165, 1.54) is 28.9 Å². The van der Waals surface area contributed by atoms with Crippen LogP contribution in [0.25, 0.3) is 5.65 Å². The molecule has 2 amide bonds. The summed E-state index contributed by atoms with van der Waals surface area (Å²) in [5, 5.41) is 5.84. The summed E-state index contributed by atoms with van der Waals surface area (Å²) in [6, 6.07) is 10.8. The fourth-order valence-electron chi connectivity index (χ4n) is 2.89. The van der Waals surface area contributed by atoms with Gasteiger partial charge in [-0.15, -0.1) is 11.3 Å². The second kappa shape index (κ2) is 8.16. The summed E-state index contributed by atoms with van der Waals surface area (Å²) >= 11 is 1.06. The molecular weight excluding hydrogens is 440 g/mol. The zero-order valence-electron chi connectivity index (χ0n) is 16.1. The van der Waals surface area contributed by atoms with Gasteiger partial charge in [0, 0.05) is 12.4 Å². The summed E-state index contributed by atoms with van der Waals surface area (Å²) in [5.41, 5.74) is 5.75. The Balaban J connectivity index is 1.52. The van der Waals surface area contributed by atoms with Crippen molar-refractivity contribution in [2.24, 2.45) is 0 Å². The van der Waals surface area contributed by atoms with Crippen LogP contribution in [-0.2, 0) is 10.0 Å². The molecular formula is C19H16N6O4S2. The average Bonchev–Trinajstić information content (AvgIpc) is 3.40. The lowest BCUT2D eigenvalue weighted by atomic mass is 10.2. The standard InChI is InChI=1S/C19H16N6O4S2/c1-12-16(17-20-9-5-10-25(17)23-12)19(27)22-21-18(26)13-6-2-3-7-14(13)24-31(28,29)15-8-4-11-30-15/h2-11,24H,1H3,(H,21,26)(H,22,27). The lowest BCUT2D eigenvalue weighted by molar-refractivity contribution is 0.0847. The van der Waals surface area contributed by atoms with E-state index in [1.54, 1.807) is 42.8 Å². The second-order valence-corrected chi connectivity index (χ2v) is 9.20. The molecule has 0 aliphatic rings. The van der Waals surface area contributed by atoms with Crippen LogP contribution in [0.4, 0.5) is 5.69 Å². The van der Waals surface area contributed by atoms with E-state index >= 15 is 0 Å². The first kappa shape index (κ1) is 20.5. The van der Waals surface area contributed by atoms with Crippen molar-refractivity contribution in [2.75, 3.05) is 4.72 Å². The van der Waals surface area contributed by atoms with Gasteiger partial charge in [-0.1, -0.05) is 18.2 Å². The van der Waals surface area contributed by atoms with Gasteiger partial charge in [-0.3, -0.25) is 25.2 Å². The third-order valence-corrected chi connectivity index (χ3v) is 7.03. The predicted molar refractivity (Wildman–Crippen MR) is 114 cm³/mol. The third-order valence-electron chi connectivity index (χ3n) is 4.26. The van der Waals surface area contributed by atoms with Gasteiger partial charge in [0.25, 0.3) is 21.8 Å². The Morgan fingerprint density at radius 3 is 2.58 bits per heavy atom. The molecule has 10 nitrogen and oxygen atoms in total. The SMILES string of the molecule is Cc1nn2cccnc2c1C(=O)NNC(=O)c1ccccc1NS(=O)(=O)c1cccs1. The van der Waals surface area contributed by atoms with E-state index in [1.807, 2.05) is 0 Å². The van der Waals surface area contributed by atoms with Crippen LogP contribution in [0.15, 0.2) is 64.4 Å². The van der Waals surface area contributed by atoms with E-state index < -0.39 is 21.8 Å². The maximum Gasteiger partial charge on any atom is 0.275 e. The predicted octanol–water partition coefficient (Wildman–Crippen LogP) is 1.97. The Labute approximate surface area is 181 Å². The van der Waals surface area contributed by atoms with Gasteiger partial charge >= 0.3 is 0 Å². The van der Waals surface area contributed by atoms with Gasteiger partial charge in [0.15, 0.2) is 5.65 Å². The number of carbonyl (C=O) groups is 2. The Morgan fingerprint density at radius 2 is 1.81 bits per heavy atom. The number of nitrogens with zero attached hydrogens (tertiary/aromatic N) is 3. The van der Waals surface area contributed by atoms with Crippen molar-refractivity contribution in [1.29, 1.82) is 0 Å². The van der Waals surface area contributed by atoms with Gasteiger partial charge < -0.3 is 0 Å². The summed E-state index contributed by atoms with van der Waals surface area (Å²) < 4.78 is 29.0. The number of hydrogen-bond acceptors (Lipinski definition) is 7. The Morgan fingerprint density at radius 1 is 1.03 bits per heavy atom. The molecule has 4 rings (SSSR count). The van der Waals surface area contributed by atoms with Crippen molar-refractivity contribution in [3.8, 4) is 0 Å². The van der Waals surface area contributed by atoms with Gasteiger partial charge in [0.05, 0.1) is 16.9 Å². The molecule has 0 fully saturated rings. The number of rotatable bonds is 5. The number of anilines is 1. The molecule has 12 heteroatoms. The Hall–Kier alpha value is -3.77. The molecule has 0 aliphatic heterocycles. The van der Waals surface area contributed by atoms with Crippen LogP contribution >= 0.6 is 11.3 Å². The molecule has 0 unspecified atom stereocenters. The number of amides is 2. The van der Waals surface area contributed by atoms with Crippen molar-refractivity contribution in [2.45, 2.75) is 11.1 Å². The molecule has 158 valence electrons. The number of hydrazine groups is 1. The zero-order chi connectivity index (χ0) is 22.0. The minimum atomic E-state index is -3.84. The van der Waals surface area contributed by atoms with Gasteiger partial charge in [-0.2, -0.15) is 5.10 Å². The molecule has 3 N–H and O–H groups in total. The van der Waals surface area contributed by atoms with Crippen molar-refractivity contribution in [3.05, 3.63) is 77.1 Å². The van der Waals surface area contributed by atoms with Crippen LogP contribution in [0, 0.1) is 6.92 Å². The van der Waals surface area contributed by atoms with Crippen LogP contribution in [0.3, 0.4) is 0 Å². The summed E-state index contributed by atoms with van der Waals surface area (Å²) in [4.78, 5) is 29.4. The summed E-state index contributed by atoms with van der Waals surface area (Å²) in [6.07, 6.45) is 3.18. The number of carbonyl (C=O) groups excluding carboxylic acids is 2. The smallest absolute Gasteiger partial charge is 0.275 e. The molecule has 0 spiro atoms. The van der Waals surface area contributed by atoms with Crippen molar-refractivity contribution in [1.82, 2.24) is 25.4 Å². The minimum Gasteiger partial charge on any atom is -0.278 e. The van der Waals surface area contributed by atoms with E-state index in [-0.39, 0.29) is 21.0 Å². The molecule has 0 bridgehead atoms. The van der Waals surface area contributed by atoms with Crippen LogP contribution in [-0.4, -0.2) is 34.8 Å². The quantitative estimate of drug-likeness (QED) is 0.393. The first-order valence-corrected chi connectivity index (χ1v) is 11.3. The van der Waals surface area contributed by atoms with Gasteiger partial charge in [-0.25, -0.2) is 17.9 Å². The van der Waals surface area contributed by atoms with Crippen LogP contribution in [0.1, 0.15) is 26.4 Å². The second-order valence-electron chi connectivity index (χ2n) is 6.34. The Kier molecular flexibility index (Phi) is 5.40. The molecule has 0 aliphatic carbocycles. The van der Waals surface area contributed by atoms with Crippen LogP contribution in [0.2, 0.25) is 0 Å². The van der Waals surface area contributed by atoms with E-state index in [0.717, 1.165) is 11.3 Å². The van der Waals surface area contributed by atoms with E-state index in [2.05, 4.69) is 25.7 Å². The average molecular weight is 457 g/mol. The molecule has 3 aromatic heterocycles. The number of nitrogens with one attached hydrogen (secondary N) is 3. The monoisotopic (exact) mass is 456 g/mol. The van der Waals surface area contributed by atoms with Gasteiger partial charge in [-0.05, 0) is 36.6 Å². The first-order valence-electron chi connectivity index (χ1n) is 8.93. The molecule has 31 heavy (non-hydrogen) atoms. The molecule has 0 saturated heterocycles. The highest BCUT2D eigenvalue weighted by atomic mass is 32.2. The van der Waals surface area contributed by atoms with Gasteiger partial charge in [0.1, 0.15) is 9.77 Å². The number of fused-ring (bicyclic) bond motifs is 1. The van der Waals surface area contributed by atoms with Crippen LogP contribution in [0.5, 0.6) is 0 Å². The number of para-hydroxylation sites is 1. The highest BCUT2D eigenvalue weighted by Gasteiger charge is 2.21. The number of sulfonamides is 1. The van der Waals surface area contributed by atoms with E-state index in [9.17, 15) is 18.0 Å². The lowest BCUT2D eigenvalue weighted by Gasteiger charge is -2.12. The van der Waals surface area contributed by atoms with E-state index in [4.69, 9.17) is 0 Å². The van der Waals surface area contributed by atoms with Crippen molar-refractivity contribution >= 4 is 44.5 Å². The maximum atomic E-state index is 12.7. The summed E-state index contributed by atoms with van der Waals surface area (Å²) in [5.74, 6) is -1.30. The number of thiophene rings is 1. The van der Waals surface area contributed by atoms with Crippen molar-refractivity contribution < 1.29 is 18.0 Å². The Bertz CT molecular complexity index is 1380.